The van der Waals surface area contributed by atoms with Crippen LogP contribution < -0.4 is 10.1 Å². The average Bonchev–Trinajstić information content (AvgIpc) is 3.06. The molecule has 1 aromatic heterocycles. The van der Waals surface area contributed by atoms with E-state index in [0.29, 0.717) is 10.6 Å². The number of anilines is 1. The van der Waals surface area contributed by atoms with Crippen molar-refractivity contribution in [3.63, 3.8) is 0 Å². The van der Waals surface area contributed by atoms with Crippen LogP contribution in [0.4, 0.5) is 23.2 Å². The third-order valence-electron chi connectivity index (χ3n) is 3.19. The fraction of sp³-hybridized carbons (Fsp3) is 0.0588. The molecule has 1 heterocycles. The predicted molar refractivity (Wildman–Crippen MR) is 88.6 cm³/mol. The number of carbonyl (C=O) groups is 1. The van der Waals surface area contributed by atoms with Crippen molar-refractivity contribution in [1.29, 1.82) is 0 Å². The summed E-state index contributed by atoms with van der Waals surface area (Å²) in [4.78, 5) is 16.4. The van der Waals surface area contributed by atoms with E-state index in [9.17, 15) is 22.4 Å². The summed E-state index contributed by atoms with van der Waals surface area (Å²) in [6.45, 7) is 0. The second-order valence-electron chi connectivity index (χ2n) is 5.04. The van der Waals surface area contributed by atoms with Gasteiger partial charge in [0.2, 0.25) is 0 Å². The number of ether oxygens (including phenoxy) is 1. The lowest BCUT2D eigenvalue weighted by atomic mass is 10.2. The van der Waals surface area contributed by atoms with Crippen molar-refractivity contribution in [3.8, 4) is 16.3 Å². The van der Waals surface area contributed by atoms with Crippen LogP contribution >= 0.6 is 11.3 Å². The summed E-state index contributed by atoms with van der Waals surface area (Å²) >= 11 is 1.16. The number of amides is 1. The lowest BCUT2D eigenvalue weighted by Crippen LogP contribution is -2.19. The van der Waals surface area contributed by atoms with Crippen molar-refractivity contribution in [1.82, 2.24) is 4.98 Å². The normalized spacial score (nSPS) is 11.2. The first kappa shape index (κ1) is 17.9. The molecule has 0 atom stereocenters. The molecule has 1 N–H and O–H groups in total. The molecule has 4 nitrogen and oxygen atoms in total. The van der Waals surface area contributed by atoms with Gasteiger partial charge in [0.15, 0.2) is 5.75 Å². The molecule has 0 unspecified atom stereocenters. The molecule has 1 amide bonds. The first-order valence-corrected chi connectivity index (χ1v) is 8.07. The van der Waals surface area contributed by atoms with Gasteiger partial charge in [-0.3, -0.25) is 4.79 Å². The molecule has 3 aromatic rings. The maximum atomic E-state index is 13.0. The highest BCUT2D eigenvalue weighted by Gasteiger charge is 2.32. The van der Waals surface area contributed by atoms with E-state index in [2.05, 4.69) is 15.0 Å². The predicted octanol–water partition coefficient (Wildman–Crippen LogP) is 5.10. The van der Waals surface area contributed by atoms with Crippen LogP contribution in [0.3, 0.4) is 0 Å². The highest BCUT2D eigenvalue weighted by molar-refractivity contribution is 7.13. The number of alkyl halides is 3. The van der Waals surface area contributed by atoms with Crippen LogP contribution in [0.25, 0.3) is 10.6 Å². The minimum Gasteiger partial charge on any atom is -0.404 e. The number of rotatable bonds is 4. The second kappa shape index (κ2) is 7.12. The van der Waals surface area contributed by atoms with E-state index in [1.165, 1.54) is 47.8 Å². The van der Waals surface area contributed by atoms with Gasteiger partial charge >= 0.3 is 6.36 Å². The van der Waals surface area contributed by atoms with E-state index in [4.69, 9.17) is 0 Å². The molecule has 26 heavy (non-hydrogen) atoms. The van der Waals surface area contributed by atoms with Gasteiger partial charge in [-0.2, -0.15) is 0 Å². The van der Waals surface area contributed by atoms with Crippen molar-refractivity contribution >= 4 is 22.9 Å². The molecular formula is C17H10F4N2O2S. The van der Waals surface area contributed by atoms with E-state index >= 15 is 0 Å². The van der Waals surface area contributed by atoms with E-state index in [0.717, 1.165) is 17.4 Å². The Kier molecular flexibility index (Phi) is 4.90. The van der Waals surface area contributed by atoms with Crippen LogP contribution in [0, 0.1) is 5.82 Å². The Hall–Kier alpha value is -2.94. The molecule has 0 spiro atoms. The minimum absolute atomic E-state index is 0.0242. The van der Waals surface area contributed by atoms with Gasteiger partial charge in [0, 0.05) is 10.9 Å². The summed E-state index contributed by atoms with van der Waals surface area (Å²) < 4.78 is 54.1. The molecule has 9 heteroatoms. The number of hydrogen-bond donors (Lipinski definition) is 1. The van der Waals surface area contributed by atoms with E-state index in [-0.39, 0.29) is 11.4 Å². The van der Waals surface area contributed by atoms with Gasteiger partial charge in [0.25, 0.3) is 5.91 Å². The number of hydrogen-bond acceptors (Lipinski definition) is 4. The number of aromatic nitrogens is 1. The molecule has 3 rings (SSSR count). The Morgan fingerprint density at radius 2 is 1.77 bits per heavy atom. The number of nitrogens with one attached hydrogen (secondary N) is 1. The van der Waals surface area contributed by atoms with Gasteiger partial charge in [0.05, 0.1) is 5.69 Å². The maximum Gasteiger partial charge on any atom is 0.573 e. The fourth-order valence-corrected chi connectivity index (χ4v) is 2.88. The van der Waals surface area contributed by atoms with Crippen LogP contribution in [0.2, 0.25) is 0 Å². The Morgan fingerprint density at radius 3 is 2.46 bits per heavy atom. The smallest absolute Gasteiger partial charge is 0.404 e. The summed E-state index contributed by atoms with van der Waals surface area (Å²) in [7, 11) is 0. The number of nitrogens with zero attached hydrogens (tertiary/aromatic N) is 1. The van der Waals surface area contributed by atoms with E-state index in [1.807, 2.05) is 0 Å². The van der Waals surface area contributed by atoms with E-state index in [1.54, 1.807) is 0 Å². The first-order valence-electron chi connectivity index (χ1n) is 7.19. The van der Waals surface area contributed by atoms with Gasteiger partial charge in [-0.25, -0.2) is 9.37 Å². The monoisotopic (exact) mass is 382 g/mol. The Labute approximate surface area is 149 Å². The van der Waals surface area contributed by atoms with Crippen molar-refractivity contribution in [3.05, 3.63) is 65.4 Å². The quantitative estimate of drug-likeness (QED) is 0.639. The zero-order valence-electron chi connectivity index (χ0n) is 12.9. The summed E-state index contributed by atoms with van der Waals surface area (Å²) in [6.07, 6.45) is -4.88. The van der Waals surface area contributed by atoms with E-state index < -0.39 is 23.8 Å². The fourth-order valence-electron chi connectivity index (χ4n) is 2.07. The van der Waals surface area contributed by atoms with Gasteiger partial charge in [-0.15, -0.1) is 24.5 Å². The number of carbonyl (C=O) groups excluding carboxylic acids is 1. The highest BCUT2D eigenvalue weighted by Crippen LogP contribution is 2.30. The lowest BCUT2D eigenvalue weighted by Gasteiger charge is -2.13. The standard InChI is InChI=1S/C17H10F4N2O2S/c18-11-7-5-10(6-8-11)16-23-13(9-26-16)15(24)22-12-3-1-2-4-14(12)25-17(19,20)21/h1-9H,(H,22,24). The number of benzene rings is 2. The summed E-state index contributed by atoms with van der Waals surface area (Å²) in [5, 5.41) is 4.28. The maximum absolute atomic E-state index is 13.0. The largest absolute Gasteiger partial charge is 0.573 e. The molecule has 0 aliphatic heterocycles. The molecule has 0 saturated heterocycles. The molecule has 0 saturated carbocycles. The lowest BCUT2D eigenvalue weighted by molar-refractivity contribution is -0.274. The molecule has 2 aromatic carbocycles. The van der Waals surface area contributed by atoms with Crippen LogP contribution in [-0.2, 0) is 0 Å². The Balaban J connectivity index is 1.78. The molecule has 0 aliphatic rings. The van der Waals surface area contributed by atoms with Gasteiger partial charge in [-0.1, -0.05) is 12.1 Å². The van der Waals surface area contributed by atoms with Crippen molar-refractivity contribution < 1.29 is 27.1 Å². The molecule has 0 fully saturated rings. The van der Waals surface area contributed by atoms with Crippen molar-refractivity contribution in [2.24, 2.45) is 0 Å². The molecule has 0 aliphatic carbocycles. The van der Waals surface area contributed by atoms with Crippen molar-refractivity contribution in [2.75, 3.05) is 5.32 Å². The zero-order valence-corrected chi connectivity index (χ0v) is 13.7. The summed E-state index contributed by atoms with van der Waals surface area (Å²) in [6, 6.07) is 10.8. The number of thiazole rings is 1. The zero-order chi connectivity index (χ0) is 18.7. The van der Waals surface area contributed by atoms with Gasteiger partial charge in [0.1, 0.15) is 16.5 Å². The molecule has 134 valence electrons. The van der Waals surface area contributed by atoms with Gasteiger partial charge < -0.3 is 10.1 Å². The highest BCUT2D eigenvalue weighted by atomic mass is 32.1. The minimum atomic E-state index is -4.88. The van der Waals surface area contributed by atoms with Crippen LogP contribution in [0.5, 0.6) is 5.75 Å². The topological polar surface area (TPSA) is 51.2 Å². The molecular weight excluding hydrogens is 372 g/mol. The SMILES string of the molecule is O=C(Nc1ccccc1OC(F)(F)F)c1csc(-c2ccc(F)cc2)n1. The van der Waals surface area contributed by atoms with Crippen LogP contribution in [0.1, 0.15) is 10.5 Å². The van der Waals surface area contributed by atoms with Crippen LogP contribution in [0.15, 0.2) is 53.9 Å². The number of halogens is 4. The second-order valence-corrected chi connectivity index (χ2v) is 5.90. The summed E-state index contributed by atoms with van der Waals surface area (Å²) in [5.74, 6) is -1.61. The number of para-hydroxylation sites is 2. The third-order valence-corrected chi connectivity index (χ3v) is 4.08. The van der Waals surface area contributed by atoms with Crippen molar-refractivity contribution in [2.45, 2.75) is 6.36 Å². The third kappa shape index (κ3) is 4.37. The summed E-state index contributed by atoms with van der Waals surface area (Å²) in [5.41, 5.74) is 0.513. The van der Waals surface area contributed by atoms with Crippen LogP contribution in [-0.4, -0.2) is 17.3 Å². The molecule has 0 radical (unpaired) electrons. The average molecular weight is 382 g/mol. The molecule has 0 bridgehead atoms. The van der Waals surface area contributed by atoms with Gasteiger partial charge in [-0.05, 0) is 36.4 Å². The Bertz CT molecular complexity index is 923. The Morgan fingerprint density at radius 1 is 1.08 bits per heavy atom. The first-order chi connectivity index (χ1) is 12.3.